The largest absolute Gasteiger partial charge is 0.459 e. The first-order valence-electron chi connectivity index (χ1n) is 9.61. The normalized spacial score (nSPS) is 19.6. The Balaban J connectivity index is 1.66. The van der Waals surface area contributed by atoms with Gasteiger partial charge in [-0.2, -0.15) is 0 Å². The Morgan fingerprint density at radius 3 is 2.69 bits per heavy atom. The smallest absolute Gasteiger partial charge is 0.338 e. The van der Waals surface area contributed by atoms with Crippen LogP contribution in [0.1, 0.15) is 28.4 Å². The fourth-order valence-electron chi connectivity index (χ4n) is 3.05. The summed E-state index contributed by atoms with van der Waals surface area (Å²) < 4.78 is 12.5. The van der Waals surface area contributed by atoms with Crippen LogP contribution in [0, 0.1) is 0 Å². The van der Waals surface area contributed by atoms with E-state index in [-0.39, 0.29) is 18.8 Å². The molecule has 1 aromatic heterocycles. The number of benzene rings is 1. The quantitative estimate of drug-likeness (QED) is 0.580. The van der Waals surface area contributed by atoms with Gasteiger partial charge in [0.05, 0.1) is 38.0 Å². The molecule has 2 atom stereocenters. The molecule has 1 aliphatic heterocycles. The van der Waals surface area contributed by atoms with E-state index < -0.39 is 25.3 Å². The Morgan fingerprint density at radius 2 is 2.00 bits per heavy atom. The highest BCUT2D eigenvalue weighted by Gasteiger charge is 2.29. The highest BCUT2D eigenvalue weighted by Crippen LogP contribution is 2.23. The molecule has 29 heavy (non-hydrogen) atoms. The van der Waals surface area contributed by atoms with E-state index in [0.717, 1.165) is 0 Å². The molecule has 0 amide bonds. The lowest BCUT2D eigenvalue weighted by Crippen LogP contribution is -2.33. The van der Waals surface area contributed by atoms with E-state index in [9.17, 15) is 14.4 Å². The Kier molecular flexibility index (Phi) is 6.34. The van der Waals surface area contributed by atoms with Crippen LogP contribution in [0.2, 0.25) is 19.6 Å². The van der Waals surface area contributed by atoms with E-state index in [4.69, 9.17) is 9.47 Å². The SMILES string of the molecule is C[Si](C)(C)/C=C/c1cn([C@@H]2CO[C@H](COC(=O)c3ccccc3)C2)c(=O)[nH]c1=O. The number of hydrogen-bond acceptors (Lipinski definition) is 5. The van der Waals surface area contributed by atoms with Gasteiger partial charge in [-0.05, 0) is 12.1 Å². The summed E-state index contributed by atoms with van der Waals surface area (Å²) in [7, 11) is -1.48. The fourth-order valence-corrected chi connectivity index (χ4v) is 3.73. The lowest BCUT2D eigenvalue weighted by Gasteiger charge is -2.13. The first kappa shape index (κ1) is 21.0. The van der Waals surface area contributed by atoms with Gasteiger partial charge in [0.15, 0.2) is 0 Å². The van der Waals surface area contributed by atoms with Crippen molar-refractivity contribution < 1.29 is 14.3 Å². The van der Waals surface area contributed by atoms with Crippen LogP contribution in [0.4, 0.5) is 0 Å². The lowest BCUT2D eigenvalue weighted by molar-refractivity contribution is 0.0157. The van der Waals surface area contributed by atoms with Crippen molar-refractivity contribution in [2.75, 3.05) is 13.2 Å². The summed E-state index contributed by atoms with van der Waals surface area (Å²) in [6, 6.07) is 8.53. The van der Waals surface area contributed by atoms with Gasteiger partial charge in [-0.3, -0.25) is 14.3 Å². The Morgan fingerprint density at radius 1 is 1.28 bits per heavy atom. The van der Waals surface area contributed by atoms with E-state index in [0.29, 0.717) is 24.2 Å². The maximum atomic E-state index is 12.3. The van der Waals surface area contributed by atoms with Crippen molar-refractivity contribution in [3.8, 4) is 0 Å². The molecule has 1 aliphatic rings. The predicted octanol–water partition coefficient (Wildman–Crippen LogP) is 2.61. The number of esters is 1. The average molecular weight is 415 g/mol. The molecule has 154 valence electrons. The van der Waals surface area contributed by atoms with Gasteiger partial charge in [0.25, 0.3) is 5.56 Å². The number of carbonyl (C=O) groups excluding carboxylic acids is 1. The molecule has 8 heteroatoms. The minimum absolute atomic E-state index is 0.116. The van der Waals surface area contributed by atoms with Crippen LogP contribution in [0.5, 0.6) is 0 Å². The zero-order valence-corrected chi connectivity index (χ0v) is 17.9. The first-order valence-corrected chi connectivity index (χ1v) is 13.2. The van der Waals surface area contributed by atoms with Gasteiger partial charge in [0.1, 0.15) is 6.61 Å². The monoisotopic (exact) mass is 414 g/mol. The maximum Gasteiger partial charge on any atom is 0.338 e. The molecule has 0 saturated carbocycles. The molecule has 0 spiro atoms. The molecule has 0 bridgehead atoms. The summed E-state index contributed by atoms with van der Waals surface area (Å²) in [6.45, 7) is 6.93. The lowest BCUT2D eigenvalue weighted by atomic mass is 10.1. The second-order valence-corrected chi connectivity index (χ2v) is 13.3. The summed E-state index contributed by atoms with van der Waals surface area (Å²) in [5.74, 6) is -0.405. The number of nitrogens with one attached hydrogen (secondary N) is 1. The van der Waals surface area contributed by atoms with Crippen molar-refractivity contribution in [2.45, 2.75) is 38.2 Å². The van der Waals surface area contributed by atoms with Crippen LogP contribution < -0.4 is 11.2 Å². The van der Waals surface area contributed by atoms with Crippen molar-refractivity contribution >= 4 is 20.1 Å². The minimum Gasteiger partial charge on any atom is -0.459 e. The van der Waals surface area contributed by atoms with Crippen LogP contribution in [0.3, 0.4) is 0 Å². The molecule has 0 radical (unpaired) electrons. The van der Waals surface area contributed by atoms with Gasteiger partial charge in [-0.15, -0.1) is 0 Å². The second kappa shape index (κ2) is 8.75. The number of aromatic amines is 1. The third kappa shape index (κ3) is 5.64. The number of ether oxygens (including phenoxy) is 2. The molecule has 7 nitrogen and oxygen atoms in total. The van der Waals surface area contributed by atoms with Gasteiger partial charge < -0.3 is 9.47 Å². The van der Waals surface area contributed by atoms with Gasteiger partial charge >= 0.3 is 11.7 Å². The van der Waals surface area contributed by atoms with Crippen molar-refractivity contribution in [3.05, 3.63) is 74.2 Å². The number of rotatable bonds is 6. The van der Waals surface area contributed by atoms with Crippen molar-refractivity contribution in [3.63, 3.8) is 0 Å². The highest BCUT2D eigenvalue weighted by molar-refractivity contribution is 6.81. The van der Waals surface area contributed by atoms with Gasteiger partial charge in [0, 0.05) is 12.6 Å². The molecular formula is C21H26N2O5Si. The Hall–Kier alpha value is -2.71. The predicted molar refractivity (Wildman–Crippen MR) is 114 cm³/mol. The summed E-state index contributed by atoms with van der Waals surface area (Å²) in [4.78, 5) is 38.8. The Bertz CT molecular complexity index is 1000. The van der Waals surface area contributed by atoms with Gasteiger partial charge in [-0.1, -0.05) is 49.6 Å². The average Bonchev–Trinajstić information content (AvgIpc) is 3.14. The summed E-state index contributed by atoms with van der Waals surface area (Å²) in [6.07, 6.45) is 3.60. The van der Waals surface area contributed by atoms with Crippen molar-refractivity contribution in [2.24, 2.45) is 0 Å². The number of nitrogens with zero attached hydrogens (tertiary/aromatic N) is 1. The van der Waals surface area contributed by atoms with Crippen LogP contribution in [0.15, 0.2) is 51.8 Å². The maximum absolute atomic E-state index is 12.3. The zero-order valence-electron chi connectivity index (χ0n) is 16.9. The van der Waals surface area contributed by atoms with Gasteiger partial charge in [0.2, 0.25) is 0 Å². The topological polar surface area (TPSA) is 90.4 Å². The van der Waals surface area contributed by atoms with E-state index in [2.05, 4.69) is 30.3 Å². The third-order valence-corrected chi connectivity index (χ3v) is 5.79. The summed E-state index contributed by atoms with van der Waals surface area (Å²) in [5, 5.41) is 0. The Labute approximate surface area is 170 Å². The van der Waals surface area contributed by atoms with Gasteiger partial charge in [-0.25, -0.2) is 9.59 Å². The molecule has 1 saturated heterocycles. The first-order chi connectivity index (χ1) is 13.7. The fraction of sp³-hybridized carbons (Fsp3) is 0.381. The van der Waals surface area contributed by atoms with Crippen LogP contribution in [-0.2, 0) is 9.47 Å². The van der Waals surface area contributed by atoms with E-state index >= 15 is 0 Å². The molecule has 1 aromatic carbocycles. The molecule has 2 heterocycles. The van der Waals surface area contributed by atoms with E-state index in [1.165, 1.54) is 4.57 Å². The van der Waals surface area contributed by atoms with Crippen molar-refractivity contribution in [1.82, 2.24) is 9.55 Å². The summed E-state index contributed by atoms with van der Waals surface area (Å²) >= 11 is 0. The second-order valence-electron chi connectivity index (χ2n) is 8.26. The van der Waals surface area contributed by atoms with Crippen LogP contribution in [-0.4, -0.2) is 42.9 Å². The molecule has 3 rings (SSSR count). The molecule has 0 unspecified atom stereocenters. The number of aromatic nitrogens is 2. The highest BCUT2D eigenvalue weighted by atomic mass is 28.3. The van der Waals surface area contributed by atoms with Crippen LogP contribution in [0.25, 0.3) is 6.08 Å². The minimum atomic E-state index is -1.48. The molecular weight excluding hydrogens is 388 g/mol. The number of hydrogen-bond donors (Lipinski definition) is 1. The zero-order chi connectivity index (χ0) is 21.0. The van der Waals surface area contributed by atoms with Crippen molar-refractivity contribution in [1.29, 1.82) is 0 Å². The summed E-state index contributed by atoms with van der Waals surface area (Å²) in [5.41, 5.74) is 2.14. The number of carbonyl (C=O) groups is 1. The molecule has 1 fully saturated rings. The standard InChI is InChI=1S/C21H26N2O5Si/c1-29(2,3)10-9-16-12-23(21(26)22-19(16)24)17-11-18(27-13-17)14-28-20(25)15-7-5-4-6-8-15/h4-10,12,17-18H,11,13-14H2,1-3H3,(H,22,24,26)/b10-9+/t17-,18-/m0/s1. The third-order valence-electron chi connectivity index (χ3n) is 4.62. The van der Waals surface area contributed by atoms with E-state index in [1.54, 1.807) is 36.5 Å². The number of H-pyrrole nitrogens is 1. The van der Waals surface area contributed by atoms with E-state index in [1.807, 2.05) is 6.07 Å². The molecule has 1 N–H and O–H groups in total. The molecule has 0 aliphatic carbocycles. The van der Waals surface area contributed by atoms with Crippen LogP contribution >= 0.6 is 0 Å². The molecule has 2 aromatic rings.